The zero-order valence-electron chi connectivity index (χ0n) is 10.8. The Morgan fingerprint density at radius 3 is 2.63 bits per heavy atom. The van der Waals surface area contributed by atoms with E-state index in [2.05, 4.69) is 4.98 Å². The van der Waals surface area contributed by atoms with Gasteiger partial charge in [0.25, 0.3) is 0 Å². The third-order valence-corrected chi connectivity index (χ3v) is 3.24. The van der Waals surface area contributed by atoms with E-state index in [1.165, 1.54) is 12.1 Å². The zero-order chi connectivity index (χ0) is 13.6. The Hall–Kier alpha value is -2.36. The van der Waals surface area contributed by atoms with Crippen LogP contribution in [-0.4, -0.2) is 9.55 Å². The average molecular weight is 255 g/mol. The predicted octanol–water partition coefficient (Wildman–Crippen LogP) is 3.36. The predicted molar refractivity (Wildman–Crippen MR) is 74.9 cm³/mol. The lowest BCUT2D eigenvalue weighted by Gasteiger charge is -2.10. The number of nitrogen functional groups attached to an aromatic ring is 1. The molecule has 2 aromatic carbocycles. The number of aryl methyl sites for hydroxylation is 2. The fourth-order valence-corrected chi connectivity index (χ4v) is 2.33. The number of fused-ring (bicyclic) bond motifs is 1. The van der Waals surface area contributed by atoms with Gasteiger partial charge in [0.15, 0.2) is 0 Å². The van der Waals surface area contributed by atoms with Crippen molar-refractivity contribution in [3.8, 4) is 5.69 Å². The molecular formula is C15H14FN3. The Kier molecular flexibility index (Phi) is 2.52. The van der Waals surface area contributed by atoms with E-state index in [1.807, 2.05) is 36.6 Å². The normalized spacial score (nSPS) is 11.1. The van der Waals surface area contributed by atoms with Gasteiger partial charge in [-0.25, -0.2) is 9.37 Å². The number of anilines is 1. The maximum atomic E-state index is 13.2. The van der Waals surface area contributed by atoms with Gasteiger partial charge in [-0.05, 0) is 55.3 Å². The van der Waals surface area contributed by atoms with Gasteiger partial charge in [-0.15, -0.1) is 0 Å². The fourth-order valence-electron chi connectivity index (χ4n) is 2.33. The summed E-state index contributed by atoms with van der Waals surface area (Å²) in [7, 11) is 0. The summed E-state index contributed by atoms with van der Waals surface area (Å²) in [6.07, 6.45) is 0. The molecule has 96 valence electrons. The number of rotatable bonds is 1. The van der Waals surface area contributed by atoms with Crippen molar-refractivity contribution in [3.63, 3.8) is 0 Å². The summed E-state index contributed by atoms with van der Waals surface area (Å²) in [4.78, 5) is 4.34. The number of hydrogen-bond donors (Lipinski definition) is 1. The van der Waals surface area contributed by atoms with E-state index in [1.54, 1.807) is 6.07 Å². The van der Waals surface area contributed by atoms with Gasteiger partial charge in [0.2, 0.25) is 5.95 Å². The topological polar surface area (TPSA) is 43.8 Å². The minimum Gasteiger partial charge on any atom is -0.369 e. The molecule has 0 radical (unpaired) electrons. The van der Waals surface area contributed by atoms with Crippen LogP contribution in [-0.2, 0) is 0 Å². The molecule has 3 rings (SSSR count). The lowest BCUT2D eigenvalue weighted by atomic mass is 10.1. The number of aromatic nitrogens is 2. The summed E-state index contributed by atoms with van der Waals surface area (Å²) in [5.41, 5.74) is 10.6. The molecule has 0 spiro atoms. The maximum absolute atomic E-state index is 13.2. The Bertz CT molecular complexity index is 774. The Balaban J connectivity index is 2.35. The van der Waals surface area contributed by atoms with Crippen LogP contribution in [0, 0.1) is 19.7 Å². The molecule has 0 atom stereocenters. The summed E-state index contributed by atoms with van der Waals surface area (Å²) in [5.74, 6) is 0.163. The van der Waals surface area contributed by atoms with Crippen LogP contribution in [0.1, 0.15) is 11.1 Å². The first-order valence-corrected chi connectivity index (χ1v) is 6.07. The second kappa shape index (κ2) is 4.09. The van der Waals surface area contributed by atoms with Crippen molar-refractivity contribution in [1.29, 1.82) is 0 Å². The molecule has 0 saturated carbocycles. The van der Waals surface area contributed by atoms with Crippen molar-refractivity contribution in [1.82, 2.24) is 9.55 Å². The number of benzene rings is 2. The molecule has 0 unspecified atom stereocenters. The van der Waals surface area contributed by atoms with Crippen molar-refractivity contribution < 1.29 is 4.39 Å². The van der Waals surface area contributed by atoms with Gasteiger partial charge in [0.1, 0.15) is 5.82 Å². The van der Waals surface area contributed by atoms with Crippen LogP contribution >= 0.6 is 0 Å². The first-order chi connectivity index (χ1) is 9.06. The van der Waals surface area contributed by atoms with Crippen LogP contribution in [0.2, 0.25) is 0 Å². The van der Waals surface area contributed by atoms with Crippen molar-refractivity contribution in [2.45, 2.75) is 13.8 Å². The molecule has 2 N–H and O–H groups in total. The van der Waals surface area contributed by atoms with Crippen LogP contribution in [0.25, 0.3) is 16.7 Å². The molecule has 19 heavy (non-hydrogen) atoms. The van der Waals surface area contributed by atoms with E-state index in [4.69, 9.17) is 5.73 Å². The monoisotopic (exact) mass is 255 g/mol. The van der Waals surface area contributed by atoms with Gasteiger partial charge < -0.3 is 5.73 Å². The molecule has 0 aliphatic rings. The van der Waals surface area contributed by atoms with Gasteiger partial charge >= 0.3 is 0 Å². The van der Waals surface area contributed by atoms with Crippen molar-refractivity contribution in [3.05, 3.63) is 53.3 Å². The summed E-state index contributed by atoms with van der Waals surface area (Å²) in [6.45, 7) is 3.88. The highest BCUT2D eigenvalue weighted by atomic mass is 19.1. The summed E-state index contributed by atoms with van der Waals surface area (Å²) in [5, 5.41) is 0. The summed E-state index contributed by atoms with van der Waals surface area (Å²) >= 11 is 0. The number of hydrogen-bond acceptors (Lipinski definition) is 2. The van der Waals surface area contributed by atoms with Crippen LogP contribution in [0.5, 0.6) is 0 Å². The van der Waals surface area contributed by atoms with Crippen molar-refractivity contribution in [2.75, 3.05) is 5.73 Å². The van der Waals surface area contributed by atoms with Gasteiger partial charge in [0, 0.05) is 0 Å². The van der Waals surface area contributed by atoms with Gasteiger partial charge in [-0.3, -0.25) is 4.57 Å². The molecule has 0 fully saturated rings. The lowest BCUT2D eigenvalue weighted by Crippen LogP contribution is -2.02. The fraction of sp³-hybridized carbons (Fsp3) is 0.133. The van der Waals surface area contributed by atoms with E-state index in [-0.39, 0.29) is 5.82 Å². The minimum absolute atomic E-state index is 0.250. The Morgan fingerprint density at radius 2 is 1.89 bits per heavy atom. The van der Waals surface area contributed by atoms with Gasteiger partial charge in [0.05, 0.1) is 16.7 Å². The Morgan fingerprint density at radius 1 is 1.11 bits per heavy atom. The van der Waals surface area contributed by atoms with E-state index < -0.39 is 0 Å². The largest absolute Gasteiger partial charge is 0.369 e. The van der Waals surface area contributed by atoms with Crippen molar-refractivity contribution in [2.24, 2.45) is 0 Å². The maximum Gasteiger partial charge on any atom is 0.205 e. The molecule has 4 heteroatoms. The second-order valence-electron chi connectivity index (χ2n) is 4.73. The molecule has 1 heterocycles. The van der Waals surface area contributed by atoms with Crippen LogP contribution < -0.4 is 5.73 Å². The molecule has 0 saturated heterocycles. The zero-order valence-corrected chi connectivity index (χ0v) is 10.8. The molecule has 0 bridgehead atoms. The third kappa shape index (κ3) is 1.85. The third-order valence-electron chi connectivity index (χ3n) is 3.24. The van der Waals surface area contributed by atoms with Crippen molar-refractivity contribution >= 4 is 17.0 Å². The second-order valence-corrected chi connectivity index (χ2v) is 4.73. The highest BCUT2D eigenvalue weighted by Crippen LogP contribution is 2.26. The number of halogens is 1. The quantitative estimate of drug-likeness (QED) is 0.724. The smallest absolute Gasteiger partial charge is 0.205 e. The first kappa shape index (κ1) is 11.7. The highest BCUT2D eigenvalue weighted by molar-refractivity contribution is 5.81. The highest BCUT2D eigenvalue weighted by Gasteiger charge is 2.12. The molecule has 1 aromatic heterocycles. The summed E-state index contributed by atoms with van der Waals surface area (Å²) in [6, 6.07) is 10.6. The lowest BCUT2D eigenvalue weighted by molar-refractivity contribution is 0.626. The number of nitrogens with zero attached hydrogens (tertiary/aromatic N) is 2. The van der Waals surface area contributed by atoms with E-state index >= 15 is 0 Å². The first-order valence-electron chi connectivity index (χ1n) is 6.07. The number of nitrogens with two attached hydrogens (primary N) is 1. The molecule has 0 aliphatic carbocycles. The van der Waals surface area contributed by atoms with E-state index in [0.29, 0.717) is 5.95 Å². The van der Waals surface area contributed by atoms with Crippen LogP contribution in [0.4, 0.5) is 10.3 Å². The summed E-state index contributed by atoms with van der Waals surface area (Å²) < 4.78 is 15.1. The van der Waals surface area contributed by atoms with Crippen LogP contribution in [0.3, 0.4) is 0 Å². The standard InChI is InChI=1S/C15H14FN3/c1-9-3-5-12-14(7-9)19(15(17)18-12)13-6-4-11(16)8-10(13)2/h3-8H,1-2H3,(H2,17,18). The van der Waals surface area contributed by atoms with Gasteiger partial charge in [-0.2, -0.15) is 0 Å². The minimum atomic E-state index is -0.250. The van der Waals surface area contributed by atoms with Crippen LogP contribution in [0.15, 0.2) is 36.4 Å². The number of imidazole rings is 1. The molecule has 3 aromatic rings. The average Bonchev–Trinajstić information content (AvgIpc) is 2.65. The van der Waals surface area contributed by atoms with E-state index in [0.717, 1.165) is 27.8 Å². The van der Waals surface area contributed by atoms with E-state index in [9.17, 15) is 4.39 Å². The van der Waals surface area contributed by atoms with Gasteiger partial charge in [-0.1, -0.05) is 6.07 Å². The molecular weight excluding hydrogens is 241 g/mol. The molecule has 0 aliphatic heterocycles. The molecule has 3 nitrogen and oxygen atoms in total. The SMILES string of the molecule is Cc1ccc2nc(N)n(-c3ccc(F)cc3C)c2c1. The Labute approximate surface area is 110 Å². The molecule has 0 amide bonds.